The number of carbonyl (C=O) groups excluding carboxylic acids is 1. The van der Waals surface area contributed by atoms with Crippen LogP contribution in [0, 0.1) is 5.92 Å². The fourth-order valence-electron chi connectivity index (χ4n) is 2.38. The number of aliphatic hydroxyl groups is 1. The number of carbonyl (C=O) groups is 1. The molecule has 0 fully saturated rings. The van der Waals surface area contributed by atoms with E-state index in [4.69, 9.17) is 0 Å². The third kappa shape index (κ3) is 4.20. The normalized spacial score (nSPS) is 11.7. The van der Waals surface area contributed by atoms with Gasteiger partial charge in [0.05, 0.1) is 12.5 Å². The molecule has 0 aromatic heterocycles. The maximum Gasteiger partial charge on any atom is 0.236 e. The maximum atomic E-state index is 12.9. The van der Waals surface area contributed by atoms with Crippen molar-refractivity contribution in [3.63, 3.8) is 0 Å². The number of nitrogens with zero attached hydrogens (tertiary/aromatic N) is 1. The lowest BCUT2D eigenvalue weighted by Gasteiger charge is -2.27. The Labute approximate surface area is 136 Å². The maximum absolute atomic E-state index is 12.9. The number of amides is 1. The van der Waals surface area contributed by atoms with E-state index in [1.807, 2.05) is 30.3 Å². The first-order valence-electron chi connectivity index (χ1n) is 7.57. The summed E-state index contributed by atoms with van der Waals surface area (Å²) >= 11 is 0. The van der Waals surface area contributed by atoms with Crippen LogP contribution >= 0.6 is 0 Å². The minimum absolute atomic E-state index is 0.138. The Balaban J connectivity index is 2.38. The summed E-state index contributed by atoms with van der Waals surface area (Å²) in [5, 5.41) is 19.1. The van der Waals surface area contributed by atoms with Gasteiger partial charge in [-0.05, 0) is 49.2 Å². The van der Waals surface area contributed by atoms with E-state index in [2.05, 4.69) is 6.58 Å². The minimum Gasteiger partial charge on any atom is -0.508 e. The molecular weight excluding hydrogens is 290 g/mol. The summed E-state index contributed by atoms with van der Waals surface area (Å²) in [4.78, 5) is 14.5. The number of anilines is 2. The molecule has 120 valence electrons. The van der Waals surface area contributed by atoms with Crippen LogP contribution in [0.3, 0.4) is 0 Å². The van der Waals surface area contributed by atoms with Crippen molar-refractivity contribution in [2.24, 2.45) is 5.92 Å². The van der Waals surface area contributed by atoms with Crippen LogP contribution in [0.5, 0.6) is 5.75 Å². The minimum atomic E-state index is -0.498. The van der Waals surface area contributed by atoms with Gasteiger partial charge in [0.15, 0.2) is 0 Å². The van der Waals surface area contributed by atoms with Crippen molar-refractivity contribution < 1.29 is 15.0 Å². The highest BCUT2D eigenvalue weighted by Gasteiger charge is 2.25. The van der Waals surface area contributed by atoms with Crippen LogP contribution in [0.25, 0.3) is 0 Å². The summed E-state index contributed by atoms with van der Waals surface area (Å²) in [5.74, 6) is -0.534. The van der Waals surface area contributed by atoms with Crippen LogP contribution < -0.4 is 4.90 Å². The zero-order chi connectivity index (χ0) is 16.7. The number of benzene rings is 2. The van der Waals surface area contributed by atoms with Gasteiger partial charge < -0.3 is 10.2 Å². The van der Waals surface area contributed by atoms with Crippen LogP contribution in [0.1, 0.15) is 12.8 Å². The molecule has 0 radical (unpaired) electrons. The highest BCUT2D eigenvalue weighted by atomic mass is 16.3. The van der Waals surface area contributed by atoms with Gasteiger partial charge in [0.25, 0.3) is 0 Å². The Morgan fingerprint density at radius 3 is 2.26 bits per heavy atom. The zero-order valence-electron chi connectivity index (χ0n) is 12.9. The molecule has 0 saturated heterocycles. The largest absolute Gasteiger partial charge is 0.508 e. The predicted molar refractivity (Wildman–Crippen MR) is 91.7 cm³/mol. The van der Waals surface area contributed by atoms with E-state index in [-0.39, 0.29) is 18.3 Å². The first-order valence-corrected chi connectivity index (χ1v) is 7.57. The average molecular weight is 311 g/mol. The Morgan fingerprint density at radius 2 is 1.70 bits per heavy atom. The number of phenolic OH excluding ortho intramolecular Hbond substituents is 1. The quantitative estimate of drug-likeness (QED) is 0.768. The summed E-state index contributed by atoms with van der Waals surface area (Å²) in [6.45, 7) is 3.45. The summed E-state index contributed by atoms with van der Waals surface area (Å²) in [6.07, 6.45) is 2.94. The molecule has 2 aromatic carbocycles. The van der Waals surface area contributed by atoms with Crippen molar-refractivity contribution in [1.29, 1.82) is 0 Å². The number of allylic oxidation sites excluding steroid dienone is 1. The molecule has 2 N–H and O–H groups in total. The fraction of sp³-hybridized carbons (Fsp3) is 0.211. The topological polar surface area (TPSA) is 60.8 Å². The lowest BCUT2D eigenvalue weighted by Crippen LogP contribution is -2.34. The third-order valence-corrected chi connectivity index (χ3v) is 3.63. The van der Waals surface area contributed by atoms with Crippen molar-refractivity contribution in [2.75, 3.05) is 11.5 Å². The number of aromatic hydroxyl groups is 1. The van der Waals surface area contributed by atoms with Gasteiger partial charge >= 0.3 is 0 Å². The molecule has 0 saturated carbocycles. The van der Waals surface area contributed by atoms with E-state index in [9.17, 15) is 15.0 Å². The van der Waals surface area contributed by atoms with Gasteiger partial charge in [0.2, 0.25) is 5.91 Å². The van der Waals surface area contributed by atoms with E-state index in [1.54, 1.807) is 23.1 Å². The van der Waals surface area contributed by atoms with Crippen molar-refractivity contribution >= 4 is 17.3 Å². The zero-order valence-corrected chi connectivity index (χ0v) is 12.9. The van der Waals surface area contributed by atoms with E-state index in [0.717, 1.165) is 5.69 Å². The van der Waals surface area contributed by atoms with Gasteiger partial charge in [0, 0.05) is 11.4 Å². The molecular formula is C19H21NO3. The SMILES string of the molecule is C=CCCC(CO)C(=O)N(c1ccccc1)c1ccc(O)cc1. The molecule has 0 bridgehead atoms. The van der Waals surface area contributed by atoms with Crippen LogP contribution in [0.4, 0.5) is 11.4 Å². The molecule has 0 aliphatic rings. The summed E-state index contributed by atoms with van der Waals surface area (Å²) in [5.41, 5.74) is 1.37. The van der Waals surface area contributed by atoms with E-state index in [1.165, 1.54) is 12.1 Å². The predicted octanol–water partition coefficient (Wildman–Crippen LogP) is 3.63. The number of hydrogen-bond donors (Lipinski definition) is 2. The lowest BCUT2D eigenvalue weighted by molar-refractivity contribution is -0.123. The molecule has 4 nitrogen and oxygen atoms in total. The number of rotatable bonds is 7. The molecule has 1 unspecified atom stereocenters. The number of hydrogen-bond acceptors (Lipinski definition) is 3. The molecule has 0 spiro atoms. The number of para-hydroxylation sites is 1. The highest BCUT2D eigenvalue weighted by molar-refractivity contribution is 6.01. The van der Waals surface area contributed by atoms with Crippen molar-refractivity contribution in [2.45, 2.75) is 12.8 Å². The van der Waals surface area contributed by atoms with Gasteiger partial charge in [-0.2, -0.15) is 0 Å². The Kier molecular flexibility index (Phi) is 5.94. The van der Waals surface area contributed by atoms with Gasteiger partial charge in [-0.3, -0.25) is 9.69 Å². The van der Waals surface area contributed by atoms with Gasteiger partial charge in [-0.15, -0.1) is 6.58 Å². The Morgan fingerprint density at radius 1 is 1.09 bits per heavy atom. The summed E-state index contributed by atoms with van der Waals surface area (Å²) < 4.78 is 0. The average Bonchev–Trinajstić information content (AvgIpc) is 2.58. The molecule has 1 atom stereocenters. The summed E-state index contributed by atoms with van der Waals surface area (Å²) in [6, 6.07) is 15.7. The molecule has 0 heterocycles. The standard InChI is InChI=1S/C19H21NO3/c1-2-3-7-15(14-21)19(23)20(16-8-5-4-6-9-16)17-10-12-18(22)13-11-17/h2,4-6,8-13,15,21-22H,1,3,7,14H2. The van der Waals surface area contributed by atoms with Gasteiger partial charge in [-0.25, -0.2) is 0 Å². The Bertz CT molecular complexity index is 637. The van der Waals surface area contributed by atoms with Crippen LogP contribution in [-0.4, -0.2) is 22.7 Å². The highest BCUT2D eigenvalue weighted by Crippen LogP contribution is 2.29. The second-order valence-electron chi connectivity index (χ2n) is 5.27. The fourth-order valence-corrected chi connectivity index (χ4v) is 2.38. The van der Waals surface area contributed by atoms with E-state index >= 15 is 0 Å². The second-order valence-corrected chi connectivity index (χ2v) is 5.27. The second kappa shape index (κ2) is 8.15. The van der Waals surface area contributed by atoms with Crippen molar-refractivity contribution in [3.8, 4) is 5.75 Å². The number of phenols is 1. The Hall–Kier alpha value is -2.59. The first-order chi connectivity index (χ1) is 11.2. The molecule has 23 heavy (non-hydrogen) atoms. The lowest BCUT2D eigenvalue weighted by atomic mass is 10.0. The molecule has 0 aliphatic carbocycles. The van der Waals surface area contributed by atoms with Gasteiger partial charge in [-0.1, -0.05) is 24.3 Å². The third-order valence-electron chi connectivity index (χ3n) is 3.63. The molecule has 4 heteroatoms. The molecule has 2 aromatic rings. The van der Waals surface area contributed by atoms with Gasteiger partial charge in [0.1, 0.15) is 5.75 Å². The van der Waals surface area contributed by atoms with Crippen LogP contribution in [0.2, 0.25) is 0 Å². The molecule has 2 rings (SSSR count). The first kappa shape index (κ1) is 16.8. The van der Waals surface area contributed by atoms with Crippen molar-refractivity contribution in [3.05, 3.63) is 67.3 Å². The van der Waals surface area contributed by atoms with E-state index in [0.29, 0.717) is 18.5 Å². The smallest absolute Gasteiger partial charge is 0.236 e. The number of aliphatic hydroxyl groups excluding tert-OH is 1. The van der Waals surface area contributed by atoms with Crippen molar-refractivity contribution in [1.82, 2.24) is 0 Å². The summed E-state index contributed by atoms with van der Waals surface area (Å²) in [7, 11) is 0. The van der Waals surface area contributed by atoms with E-state index < -0.39 is 5.92 Å². The van der Waals surface area contributed by atoms with Crippen LogP contribution in [0.15, 0.2) is 67.3 Å². The monoisotopic (exact) mass is 311 g/mol. The van der Waals surface area contributed by atoms with Crippen LogP contribution in [-0.2, 0) is 4.79 Å². The molecule has 0 aliphatic heterocycles. The molecule has 1 amide bonds.